The van der Waals surface area contributed by atoms with Crippen molar-refractivity contribution in [3.05, 3.63) is 53.6 Å². The lowest BCUT2D eigenvalue weighted by atomic mass is 9.81. The molecular weight excluding hydrogens is 530 g/mol. The van der Waals surface area contributed by atoms with Crippen LogP contribution in [0.25, 0.3) is 22.2 Å². The molecule has 2 saturated carbocycles. The number of nitrogens with one attached hydrogen (secondary N) is 1. The number of ether oxygens (including phenoxy) is 1. The number of amides is 1. The molecule has 2 aliphatic carbocycles. The van der Waals surface area contributed by atoms with E-state index in [9.17, 15) is 23.1 Å². The Morgan fingerprint density at radius 3 is 2.33 bits per heavy atom. The molecule has 1 amide bonds. The Hall–Kier alpha value is -3.37. The number of benzene rings is 2. The summed E-state index contributed by atoms with van der Waals surface area (Å²) in [4.78, 5) is 24.9. The summed E-state index contributed by atoms with van der Waals surface area (Å²) in [6.07, 6.45) is 7.34. The Morgan fingerprint density at radius 1 is 1.07 bits per heavy atom. The molecule has 0 aliphatic heterocycles. The van der Waals surface area contributed by atoms with Crippen molar-refractivity contribution >= 4 is 33.0 Å². The number of hydrogen-bond donors (Lipinski definition) is 2. The number of carboxylic acid groups (broad SMARTS) is 1. The fraction of sp³-hybridized carbons (Fsp3) is 0.467. The summed E-state index contributed by atoms with van der Waals surface area (Å²) in [6.45, 7) is 0.505. The number of carbonyl (C=O) groups is 2. The summed E-state index contributed by atoms with van der Waals surface area (Å²) in [5, 5.41) is 10.7. The second-order valence-electron chi connectivity index (χ2n) is 11.4. The molecule has 3 aromatic rings. The number of methoxy groups -OCH3 is 1. The van der Waals surface area contributed by atoms with E-state index >= 15 is 0 Å². The van der Waals surface area contributed by atoms with E-state index in [0.29, 0.717) is 12.5 Å². The largest absolute Gasteiger partial charge is 0.497 e. The van der Waals surface area contributed by atoms with Gasteiger partial charge in [-0.05, 0) is 84.5 Å². The van der Waals surface area contributed by atoms with Crippen LogP contribution in [0.3, 0.4) is 0 Å². The van der Waals surface area contributed by atoms with E-state index in [1.165, 1.54) is 26.1 Å². The van der Waals surface area contributed by atoms with Crippen LogP contribution in [0.4, 0.5) is 0 Å². The topological polar surface area (TPSA) is 118 Å². The number of carboxylic acids is 1. The summed E-state index contributed by atoms with van der Waals surface area (Å²) in [7, 11) is 0.390. The van der Waals surface area contributed by atoms with Crippen LogP contribution in [0.1, 0.15) is 73.2 Å². The van der Waals surface area contributed by atoms with E-state index in [1.807, 2.05) is 30.3 Å². The van der Waals surface area contributed by atoms with Crippen LogP contribution in [0.2, 0.25) is 0 Å². The molecule has 0 saturated heterocycles. The molecule has 0 unspecified atom stereocenters. The van der Waals surface area contributed by atoms with Crippen molar-refractivity contribution in [2.45, 2.75) is 63.8 Å². The van der Waals surface area contributed by atoms with Crippen molar-refractivity contribution in [3.8, 4) is 17.0 Å². The van der Waals surface area contributed by atoms with Crippen LogP contribution >= 0.6 is 0 Å². The van der Waals surface area contributed by atoms with Gasteiger partial charge < -0.3 is 14.4 Å². The highest BCUT2D eigenvalue weighted by atomic mass is 32.2. The minimum Gasteiger partial charge on any atom is -0.497 e. The molecule has 0 bridgehead atoms. The van der Waals surface area contributed by atoms with Crippen molar-refractivity contribution in [2.75, 3.05) is 21.2 Å². The Bertz CT molecular complexity index is 1530. The van der Waals surface area contributed by atoms with Crippen molar-refractivity contribution in [3.63, 3.8) is 0 Å². The Labute approximate surface area is 235 Å². The summed E-state index contributed by atoms with van der Waals surface area (Å²) >= 11 is 0. The normalized spacial score (nSPS) is 17.2. The summed E-state index contributed by atoms with van der Waals surface area (Å²) in [6, 6.07) is 13.3. The average molecular weight is 568 g/mol. The number of nitrogens with zero attached hydrogens (tertiary/aromatic N) is 2. The standard InChI is InChI=1S/C30H37N3O6S/c1-32(2)40(37,38)31-29(36)22-11-14-24-25(17-22)33(19-30(15-16-30)18-26(34)35)28(21-9-12-23(39-3)13-10-21)27(24)20-7-5-4-6-8-20/h9-14,17,20H,4-8,15-16,18-19H2,1-3H3,(H,31,36)(H,34,35). The highest BCUT2D eigenvalue weighted by Gasteiger charge is 2.45. The van der Waals surface area contributed by atoms with Crippen LogP contribution in [-0.4, -0.2) is 55.5 Å². The van der Waals surface area contributed by atoms with Gasteiger partial charge in [-0.25, -0.2) is 4.72 Å². The van der Waals surface area contributed by atoms with Gasteiger partial charge in [0.05, 0.1) is 19.2 Å². The lowest BCUT2D eigenvalue weighted by Crippen LogP contribution is -2.39. The van der Waals surface area contributed by atoms with Crippen LogP contribution in [0, 0.1) is 5.41 Å². The summed E-state index contributed by atoms with van der Waals surface area (Å²) in [5.74, 6) is -0.448. The number of aliphatic carboxylic acids is 1. The van der Waals surface area contributed by atoms with Crippen LogP contribution < -0.4 is 9.46 Å². The van der Waals surface area contributed by atoms with Gasteiger partial charge in [0.2, 0.25) is 0 Å². The van der Waals surface area contributed by atoms with Gasteiger partial charge in [-0.1, -0.05) is 25.3 Å². The second kappa shape index (κ2) is 10.9. The van der Waals surface area contributed by atoms with E-state index in [1.54, 1.807) is 19.2 Å². The molecule has 40 heavy (non-hydrogen) atoms. The Balaban J connectivity index is 1.72. The third-order valence-electron chi connectivity index (χ3n) is 8.42. The van der Waals surface area contributed by atoms with E-state index < -0.39 is 22.1 Å². The quantitative estimate of drug-likeness (QED) is 0.350. The number of carbonyl (C=O) groups excluding carboxylic acids is 1. The van der Waals surface area contributed by atoms with Crippen molar-refractivity contribution in [2.24, 2.45) is 5.41 Å². The molecule has 2 aliphatic rings. The molecule has 0 radical (unpaired) electrons. The molecular formula is C30H37N3O6S. The van der Waals surface area contributed by atoms with E-state index in [2.05, 4.69) is 9.29 Å². The van der Waals surface area contributed by atoms with Gasteiger partial charge in [0.15, 0.2) is 0 Å². The SMILES string of the molecule is COc1ccc(-c2c(C3CCCCC3)c3ccc(C(=O)NS(=O)(=O)N(C)C)cc3n2CC2(CC(=O)O)CC2)cc1. The zero-order valence-corrected chi connectivity index (χ0v) is 24.1. The highest BCUT2D eigenvalue weighted by Crippen LogP contribution is 2.53. The lowest BCUT2D eigenvalue weighted by Gasteiger charge is -2.24. The summed E-state index contributed by atoms with van der Waals surface area (Å²) < 4.78 is 35.4. The molecule has 10 heteroatoms. The van der Waals surface area contributed by atoms with Crippen LogP contribution in [0.5, 0.6) is 5.75 Å². The number of aromatic nitrogens is 1. The zero-order chi connectivity index (χ0) is 28.7. The molecule has 0 atom stereocenters. The fourth-order valence-corrected chi connectivity index (χ4v) is 6.57. The second-order valence-corrected chi connectivity index (χ2v) is 13.3. The predicted octanol–water partition coefficient (Wildman–Crippen LogP) is 5.16. The first-order valence-corrected chi connectivity index (χ1v) is 15.2. The van der Waals surface area contributed by atoms with Crippen LogP contribution in [-0.2, 0) is 21.5 Å². The van der Waals surface area contributed by atoms with E-state index in [4.69, 9.17) is 4.74 Å². The van der Waals surface area contributed by atoms with Gasteiger partial charge in [0.25, 0.3) is 5.91 Å². The van der Waals surface area contributed by atoms with E-state index in [0.717, 1.165) is 70.7 Å². The third kappa shape index (κ3) is 5.60. The number of fused-ring (bicyclic) bond motifs is 1. The minimum atomic E-state index is -3.96. The minimum absolute atomic E-state index is 0.0781. The summed E-state index contributed by atoms with van der Waals surface area (Å²) in [5.41, 5.74) is 3.97. The molecule has 1 aromatic heterocycles. The molecule has 5 rings (SSSR count). The van der Waals surface area contributed by atoms with Gasteiger partial charge >= 0.3 is 16.2 Å². The molecule has 0 spiro atoms. The molecule has 2 fully saturated rings. The first kappa shape index (κ1) is 28.2. The maximum atomic E-state index is 13.1. The molecule has 214 valence electrons. The van der Waals surface area contributed by atoms with Crippen molar-refractivity contribution in [1.82, 2.24) is 13.6 Å². The molecule has 9 nitrogen and oxygen atoms in total. The monoisotopic (exact) mass is 567 g/mol. The van der Waals surface area contributed by atoms with Gasteiger partial charge in [-0.3, -0.25) is 9.59 Å². The van der Waals surface area contributed by atoms with Gasteiger partial charge in [0.1, 0.15) is 5.75 Å². The predicted molar refractivity (Wildman–Crippen MR) is 154 cm³/mol. The van der Waals surface area contributed by atoms with E-state index in [-0.39, 0.29) is 17.4 Å². The fourth-order valence-electron chi connectivity index (χ4n) is 6.04. The number of rotatable bonds is 10. The molecule has 2 N–H and O–H groups in total. The van der Waals surface area contributed by atoms with Crippen molar-refractivity contribution in [1.29, 1.82) is 0 Å². The lowest BCUT2D eigenvalue weighted by molar-refractivity contribution is -0.138. The van der Waals surface area contributed by atoms with Crippen molar-refractivity contribution < 1.29 is 27.9 Å². The van der Waals surface area contributed by atoms with Gasteiger partial charge in [-0.15, -0.1) is 0 Å². The zero-order valence-electron chi connectivity index (χ0n) is 23.3. The maximum Gasteiger partial charge on any atom is 0.303 e. The molecule has 1 heterocycles. The number of hydrogen-bond acceptors (Lipinski definition) is 5. The van der Waals surface area contributed by atoms with Gasteiger partial charge in [0, 0.05) is 37.1 Å². The van der Waals surface area contributed by atoms with Crippen LogP contribution in [0.15, 0.2) is 42.5 Å². The Kier molecular flexibility index (Phi) is 7.67. The maximum absolute atomic E-state index is 13.1. The third-order valence-corrected chi connectivity index (χ3v) is 9.83. The smallest absolute Gasteiger partial charge is 0.303 e. The Morgan fingerprint density at radius 2 is 1.75 bits per heavy atom. The highest BCUT2D eigenvalue weighted by molar-refractivity contribution is 7.87. The first-order chi connectivity index (χ1) is 19.0. The molecule has 2 aromatic carbocycles. The average Bonchev–Trinajstić information content (AvgIpc) is 3.60. The van der Waals surface area contributed by atoms with Gasteiger partial charge in [-0.2, -0.15) is 12.7 Å². The first-order valence-electron chi connectivity index (χ1n) is 13.8.